The molecule has 0 aliphatic heterocycles. The van der Waals surface area contributed by atoms with Gasteiger partial charge in [0.25, 0.3) is 5.91 Å². The molecule has 1 fully saturated rings. The Hall–Kier alpha value is -2.87. The molecule has 0 unspecified atom stereocenters. The number of methoxy groups -OCH3 is 1. The van der Waals surface area contributed by atoms with Gasteiger partial charge in [-0.15, -0.1) is 0 Å². The first-order chi connectivity index (χ1) is 13.3. The number of aromatic nitrogens is 1. The molecule has 3 rings (SSSR count). The lowest BCUT2D eigenvalue weighted by molar-refractivity contribution is 0.100. The summed E-state index contributed by atoms with van der Waals surface area (Å²) >= 11 is 0. The number of carbonyl (C=O) groups excluding carboxylic acids is 1. The number of pyridine rings is 1. The molecule has 1 heterocycles. The van der Waals surface area contributed by atoms with Crippen LogP contribution in [-0.4, -0.2) is 30.1 Å². The molecule has 2 aromatic rings. The van der Waals surface area contributed by atoms with Gasteiger partial charge in [-0.3, -0.25) is 4.79 Å². The third-order valence-corrected chi connectivity index (χ3v) is 4.91. The smallest absolute Gasteiger partial charge is 0.252 e. The molecule has 1 aliphatic carbocycles. The van der Waals surface area contributed by atoms with E-state index in [1.165, 1.54) is 0 Å². The van der Waals surface area contributed by atoms with Gasteiger partial charge in [0, 0.05) is 23.8 Å². The zero-order chi connectivity index (χ0) is 20.4. The Morgan fingerprint density at radius 1 is 1.32 bits per heavy atom. The number of ether oxygens (including phenoxy) is 1. The molecule has 0 spiro atoms. The molecule has 8 heteroatoms. The minimum Gasteiger partial charge on any atom is -0.496 e. The summed E-state index contributed by atoms with van der Waals surface area (Å²) in [6, 6.07) is 6.29. The second kappa shape index (κ2) is 8.02. The van der Waals surface area contributed by atoms with Crippen molar-refractivity contribution in [3.05, 3.63) is 41.2 Å². The van der Waals surface area contributed by atoms with Gasteiger partial charge in [0.05, 0.1) is 12.7 Å². The van der Waals surface area contributed by atoms with E-state index in [1.807, 2.05) is 26.0 Å². The molecule has 1 aromatic heterocycles. The van der Waals surface area contributed by atoms with Crippen molar-refractivity contribution in [2.24, 2.45) is 17.4 Å². The average Bonchev–Trinajstić information content (AvgIpc) is 3.47. The molecule has 1 amide bonds. The number of benzene rings is 1. The maximum atomic E-state index is 14.6. The summed E-state index contributed by atoms with van der Waals surface area (Å²) in [4.78, 5) is 16.1. The van der Waals surface area contributed by atoms with Gasteiger partial charge in [0.15, 0.2) is 11.6 Å². The number of anilines is 3. The maximum absolute atomic E-state index is 14.6. The SMILES string of the molecule is COc1cc(Nc2nc(N[C@H](C3CC3)[C@H](C)N)c(F)cc2C(N)=O)ccc1C. The molecule has 0 bridgehead atoms. The van der Waals surface area contributed by atoms with Crippen LogP contribution in [0.3, 0.4) is 0 Å². The summed E-state index contributed by atoms with van der Waals surface area (Å²) in [5.74, 6) is -0.133. The van der Waals surface area contributed by atoms with Gasteiger partial charge in [-0.05, 0) is 50.3 Å². The van der Waals surface area contributed by atoms with E-state index in [0.717, 1.165) is 24.5 Å². The van der Waals surface area contributed by atoms with Gasteiger partial charge in [-0.1, -0.05) is 6.07 Å². The van der Waals surface area contributed by atoms with Crippen molar-refractivity contribution in [1.29, 1.82) is 0 Å². The Bertz CT molecular complexity index is 881. The number of nitrogens with zero attached hydrogens (tertiary/aromatic N) is 1. The number of nitrogens with two attached hydrogens (primary N) is 2. The van der Waals surface area contributed by atoms with Crippen LogP contribution in [0.5, 0.6) is 5.75 Å². The van der Waals surface area contributed by atoms with Crippen LogP contribution in [0.2, 0.25) is 0 Å². The van der Waals surface area contributed by atoms with E-state index in [2.05, 4.69) is 15.6 Å². The maximum Gasteiger partial charge on any atom is 0.252 e. The van der Waals surface area contributed by atoms with E-state index in [-0.39, 0.29) is 29.3 Å². The molecule has 0 radical (unpaired) electrons. The highest BCUT2D eigenvalue weighted by Gasteiger charge is 2.34. The van der Waals surface area contributed by atoms with Crippen LogP contribution in [0.1, 0.15) is 35.7 Å². The van der Waals surface area contributed by atoms with Gasteiger partial charge in [0.2, 0.25) is 0 Å². The van der Waals surface area contributed by atoms with Crippen LogP contribution < -0.4 is 26.8 Å². The molecular formula is C20H26FN5O2. The molecule has 6 N–H and O–H groups in total. The van der Waals surface area contributed by atoms with Crippen molar-refractivity contribution >= 4 is 23.2 Å². The van der Waals surface area contributed by atoms with E-state index in [0.29, 0.717) is 17.4 Å². The van der Waals surface area contributed by atoms with Crippen molar-refractivity contribution < 1.29 is 13.9 Å². The van der Waals surface area contributed by atoms with Crippen LogP contribution in [0.25, 0.3) is 0 Å². The van der Waals surface area contributed by atoms with Gasteiger partial charge in [-0.25, -0.2) is 9.37 Å². The van der Waals surface area contributed by atoms with Gasteiger partial charge < -0.3 is 26.8 Å². The molecule has 0 saturated heterocycles. The lowest BCUT2D eigenvalue weighted by Gasteiger charge is -2.23. The van der Waals surface area contributed by atoms with Crippen LogP contribution >= 0.6 is 0 Å². The molecule has 7 nitrogen and oxygen atoms in total. The number of hydrogen-bond acceptors (Lipinski definition) is 6. The fourth-order valence-electron chi connectivity index (χ4n) is 3.20. The van der Waals surface area contributed by atoms with Crippen LogP contribution in [0, 0.1) is 18.7 Å². The quantitative estimate of drug-likeness (QED) is 0.554. The van der Waals surface area contributed by atoms with Crippen molar-refractivity contribution in [2.75, 3.05) is 17.7 Å². The topological polar surface area (TPSA) is 115 Å². The molecular weight excluding hydrogens is 361 g/mol. The summed E-state index contributed by atoms with van der Waals surface area (Å²) in [6.07, 6.45) is 2.10. The molecule has 150 valence electrons. The number of rotatable bonds is 8. The minimum atomic E-state index is -0.773. The molecule has 2 atom stereocenters. The van der Waals surface area contributed by atoms with Crippen molar-refractivity contribution in [2.45, 2.75) is 38.8 Å². The molecule has 1 aromatic carbocycles. The first-order valence-electron chi connectivity index (χ1n) is 9.24. The number of aryl methyl sites for hydroxylation is 1. The van der Waals surface area contributed by atoms with E-state index < -0.39 is 11.7 Å². The lowest BCUT2D eigenvalue weighted by atomic mass is 10.1. The highest BCUT2D eigenvalue weighted by molar-refractivity contribution is 5.98. The number of amides is 1. The Labute approximate surface area is 163 Å². The predicted octanol–water partition coefficient (Wildman–Crippen LogP) is 2.92. The van der Waals surface area contributed by atoms with Crippen LogP contribution in [-0.2, 0) is 0 Å². The van der Waals surface area contributed by atoms with Crippen molar-refractivity contribution in [3.8, 4) is 5.75 Å². The van der Waals surface area contributed by atoms with E-state index >= 15 is 0 Å². The molecule has 1 saturated carbocycles. The lowest BCUT2D eigenvalue weighted by Crippen LogP contribution is -2.40. The largest absolute Gasteiger partial charge is 0.496 e. The first kappa shape index (κ1) is 19.9. The Balaban J connectivity index is 1.95. The summed E-state index contributed by atoms with van der Waals surface area (Å²) in [6.45, 7) is 3.80. The third-order valence-electron chi connectivity index (χ3n) is 4.91. The Morgan fingerprint density at radius 3 is 2.61 bits per heavy atom. The predicted molar refractivity (Wildman–Crippen MR) is 108 cm³/mol. The molecule has 1 aliphatic rings. The zero-order valence-corrected chi connectivity index (χ0v) is 16.3. The second-order valence-corrected chi connectivity index (χ2v) is 7.26. The highest BCUT2D eigenvalue weighted by atomic mass is 19.1. The van der Waals surface area contributed by atoms with E-state index in [4.69, 9.17) is 16.2 Å². The standard InChI is InChI=1S/C20H26FN5O2/c1-10-4-7-13(8-16(10)28-3)24-19-14(18(23)27)9-15(21)20(26-19)25-17(11(2)22)12-5-6-12/h4,7-9,11-12,17H,5-6,22H2,1-3H3,(H2,23,27)(H2,24,25,26)/t11-,17-/m0/s1. The minimum absolute atomic E-state index is 0.0358. The summed E-state index contributed by atoms with van der Waals surface area (Å²) in [5, 5.41) is 6.15. The normalized spacial score (nSPS) is 15.6. The van der Waals surface area contributed by atoms with Gasteiger partial charge in [0.1, 0.15) is 11.6 Å². The monoisotopic (exact) mass is 387 g/mol. The summed E-state index contributed by atoms with van der Waals surface area (Å²) in [7, 11) is 1.57. The fraction of sp³-hybridized carbons (Fsp3) is 0.400. The number of carbonyl (C=O) groups is 1. The number of nitrogens with one attached hydrogen (secondary N) is 2. The van der Waals surface area contributed by atoms with Crippen molar-refractivity contribution in [3.63, 3.8) is 0 Å². The first-order valence-corrected chi connectivity index (χ1v) is 9.24. The van der Waals surface area contributed by atoms with E-state index in [1.54, 1.807) is 13.2 Å². The third kappa shape index (κ3) is 4.33. The number of primary amides is 1. The highest BCUT2D eigenvalue weighted by Crippen LogP contribution is 2.36. The van der Waals surface area contributed by atoms with Crippen LogP contribution in [0.4, 0.5) is 21.7 Å². The van der Waals surface area contributed by atoms with E-state index in [9.17, 15) is 9.18 Å². The Kier molecular flexibility index (Phi) is 5.69. The van der Waals surface area contributed by atoms with Gasteiger partial charge >= 0.3 is 0 Å². The number of halogens is 1. The number of hydrogen-bond donors (Lipinski definition) is 4. The fourth-order valence-corrected chi connectivity index (χ4v) is 3.20. The van der Waals surface area contributed by atoms with Crippen LogP contribution in [0.15, 0.2) is 24.3 Å². The summed E-state index contributed by atoms with van der Waals surface area (Å²) < 4.78 is 19.9. The van der Waals surface area contributed by atoms with Crippen molar-refractivity contribution in [1.82, 2.24) is 4.98 Å². The zero-order valence-electron chi connectivity index (χ0n) is 16.3. The second-order valence-electron chi connectivity index (χ2n) is 7.26. The Morgan fingerprint density at radius 2 is 2.04 bits per heavy atom. The molecule has 28 heavy (non-hydrogen) atoms. The average molecular weight is 387 g/mol. The summed E-state index contributed by atoms with van der Waals surface area (Å²) in [5.41, 5.74) is 13.0. The van der Waals surface area contributed by atoms with Gasteiger partial charge in [-0.2, -0.15) is 0 Å².